The maximum Gasteiger partial charge on any atom is 0.433 e. The summed E-state index contributed by atoms with van der Waals surface area (Å²) in [7, 11) is -4.30. The van der Waals surface area contributed by atoms with Crippen LogP contribution in [0.25, 0.3) is 0 Å². The van der Waals surface area contributed by atoms with Crippen LogP contribution in [0, 0.1) is 0 Å². The van der Waals surface area contributed by atoms with Gasteiger partial charge in [-0.1, -0.05) is 30.3 Å². The number of benzene rings is 1. The highest BCUT2D eigenvalue weighted by Crippen LogP contribution is 2.38. The number of hydrogen-bond acceptors (Lipinski definition) is 3. The zero-order chi connectivity index (χ0) is 11.5. The van der Waals surface area contributed by atoms with E-state index in [0.29, 0.717) is 10.2 Å². The van der Waals surface area contributed by atoms with E-state index in [2.05, 4.69) is 4.74 Å². The molecule has 1 atom stereocenters. The molecule has 0 aliphatic heterocycles. The molecule has 0 saturated heterocycles. The number of hydrogen-bond donors (Lipinski definition) is 2. The lowest BCUT2D eigenvalue weighted by Gasteiger charge is -2.13. The summed E-state index contributed by atoms with van der Waals surface area (Å²) in [5.41, 5.74) is -1.26. The van der Waals surface area contributed by atoms with E-state index in [-0.39, 0.29) is 0 Å². The minimum Gasteiger partial charge on any atom is -0.454 e. The second kappa shape index (κ2) is 4.72. The predicted octanol–water partition coefficient (Wildman–Crippen LogP) is 0.365. The Morgan fingerprint density at radius 1 is 1.33 bits per heavy atom. The Balaban J connectivity index is 2.69. The van der Waals surface area contributed by atoms with E-state index in [1.54, 1.807) is 24.3 Å². The molecular weight excluding hydrogens is 235 g/mol. The fourth-order valence-electron chi connectivity index (χ4n) is 1.01. The van der Waals surface area contributed by atoms with E-state index in [1.165, 1.54) is 0 Å². The van der Waals surface area contributed by atoms with E-state index in [0.717, 1.165) is 5.56 Å². The van der Waals surface area contributed by atoms with Crippen molar-refractivity contribution in [2.45, 2.75) is 5.73 Å². The molecule has 0 fully saturated rings. The first-order valence-electron chi connectivity index (χ1n) is 4.23. The fraction of sp³-hybridized carbons (Fsp3) is 0.125. The molecule has 82 valence electrons. The summed E-state index contributed by atoms with van der Waals surface area (Å²) in [6.45, 7) is 0. The van der Waals surface area contributed by atoms with Crippen molar-refractivity contribution in [2.24, 2.45) is 0 Å². The van der Waals surface area contributed by atoms with Gasteiger partial charge in [-0.3, -0.25) is 0 Å². The van der Waals surface area contributed by atoms with Crippen molar-refractivity contribution < 1.29 is 23.9 Å². The summed E-state index contributed by atoms with van der Waals surface area (Å²) in [4.78, 5) is 28.0. The highest BCUT2D eigenvalue weighted by Gasteiger charge is 2.29. The number of carbonyl (C=O) groups excluding carboxylic acids is 1. The van der Waals surface area contributed by atoms with E-state index >= 15 is 0 Å². The Hall–Kier alpha value is -0.943. The molecule has 0 aromatic heterocycles. The maximum absolute atomic E-state index is 10.9. The van der Waals surface area contributed by atoms with Crippen LogP contribution in [0.2, 0.25) is 0 Å². The van der Waals surface area contributed by atoms with E-state index in [1.807, 2.05) is 6.07 Å². The molecule has 2 N–H and O–H groups in total. The molecule has 0 saturated carbocycles. The predicted molar refractivity (Wildman–Crippen MR) is 57.6 cm³/mol. The average Bonchev–Trinajstić information content (AvgIpc) is 2.17. The molecular formula is C8H11O5PSi. The minimum atomic E-state index is -4.77. The minimum absolute atomic E-state index is 0.472. The van der Waals surface area contributed by atoms with Gasteiger partial charge in [0.2, 0.25) is 0 Å². The normalized spacial score (nSPS) is 13.5. The first kappa shape index (κ1) is 12.1. The lowest BCUT2D eigenvalue weighted by atomic mass is 10.2. The van der Waals surface area contributed by atoms with Gasteiger partial charge in [0.05, 0.1) is 10.2 Å². The zero-order valence-electron chi connectivity index (χ0n) is 8.03. The Morgan fingerprint density at radius 3 is 2.33 bits per heavy atom. The van der Waals surface area contributed by atoms with Crippen LogP contribution in [0.4, 0.5) is 4.79 Å². The Bertz CT molecular complexity index is 387. The molecule has 0 aliphatic rings. The third kappa shape index (κ3) is 3.60. The quantitative estimate of drug-likeness (QED) is 0.594. The van der Waals surface area contributed by atoms with Crippen molar-refractivity contribution >= 4 is 23.5 Å². The maximum atomic E-state index is 10.9. The van der Waals surface area contributed by atoms with Crippen molar-refractivity contribution in [1.82, 2.24) is 0 Å². The molecule has 1 rings (SSSR count). The third-order valence-electron chi connectivity index (χ3n) is 1.78. The van der Waals surface area contributed by atoms with E-state index < -0.39 is 19.0 Å². The van der Waals surface area contributed by atoms with Crippen molar-refractivity contribution in [1.29, 1.82) is 0 Å². The van der Waals surface area contributed by atoms with Gasteiger partial charge in [-0.25, -0.2) is 9.36 Å². The molecule has 0 aliphatic carbocycles. The topological polar surface area (TPSA) is 83.8 Å². The molecule has 0 bridgehead atoms. The highest BCUT2D eigenvalue weighted by atomic mass is 31.2. The molecule has 1 aromatic rings. The SMILES string of the molecule is O=C(OC([SiH3])c1ccccc1)P(=O)(O)O. The molecule has 0 amide bonds. The summed E-state index contributed by atoms with van der Waals surface area (Å²) < 4.78 is 15.2. The second-order valence-electron chi connectivity index (χ2n) is 2.98. The zero-order valence-corrected chi connectivity index (χ0v) is 10.9. The molecule has 1 unspecified atom stereocenters. The van der Waals surface area contributed by atoms with Crippen molar-refractivity contribution in [3.63, 3.8) is 0 Å². The lowest BCUT2D eigenvalue weighted by molar-refractivity contribution is 0.150. The van der Waals surface area contributed by atoms with E-state index in [9.17, 15) is 9.36 Å². The number of rotatable bonds is 3. The molecule has 15 heavy (non-hydrogen) atoms. The van der Waals surface area contributed by atoms with Crippen molar-refractivity contribution in [3.05, 3.63) is 35.9 Å². The Labute approximate surface area is 89.7 Å². The summed E-state index contributed by atoms with van der Waals surface area (Å²) in [6, 6.07) is 8.83. The number of ether oxygens (including phenoxy) is 1. The Kier molecular flexibility index (Phi) is 3.81. The van der Waals surface area contributed by atoms with Crippen LogP contribution in [0.15, 0.2) is 30.3 Å². The molecule has 0 heterocycles. The van der Waals surface area contributed by atoms with Gasteiger partial charge in [0.1, 0.15) is 5.73 Å². The van der Waals surface area contributed by atoms with Gasteiger partial charge in [0.25, 0.3) is 0 Å². The first-order chi connectivity index (χ1) is 6.91. The average molecular weight is 246 g/mol. The van der Waals surface area contributed by atoms with Crippen molar-refractivity contribution in [3.8, 4) is 0 Å². The summed E-state index contributed by atoms with van der Waals surface area (Å²) in [5, 5.41) is 0. The van der Waals surface area contributed by atoms with Crippen LogP contribution < -0.4 is 0 Å². The van der Waals surface area contributed by atoms with Crippen LogP contribution in [-0.4, -0.2) is 25.7 Å². The first-order valence-corrected chi connectivity index (χ1v) is 6.99. The third-order valence-corrected chi connectivity index (χ3v) is 3.27. The smallest absolute Gasteiger partial charge is 0.433 e. The Morgan fingerprint density at radius 2 is 1.87 bits per heavy atom. The summed E-state index contributed by atoms with van der Waals surface area (Å²) in [6.07, 6.45) is 0. The lowest BCUT2D eigenvalue weighted by Crippen LogP contribution is -2.10. The van der Waals surface area contributed by atoms with E-state index in [4.69, 9.17) is 9.79 Å². The van der Waals surface area contributed by atoms with Gasteiger partial charge in [-0.05, 0) is 5.56 Å². The van der Waals surface area contributed by atoms with Crippen LogP contribution in [-0.2, 0) is 9.30 Å². The number of carbonyl (C=O) groups is 1. The van der Waals surface area contributed by atoms with Crippen LogP contribution >= 0.6 is 7.60 Å². The molecule has 5 nitrogen and oxygen atoms in total. The standard InChI is InChI=1S/C8H11O5PSi/c9-8(14(10,11)12)13-7(15)6-4-2-1-3-5-6/h1-5,7H,15H3,(H2,10,11,12). The van der Waals surface area contributed by atoms with Gasteiger partial charge < -0.3 is 14.5 Å². The van der Waals surface area contributed by atoms with Crippen LogP contribution in [0.1, 0.15) is 11.3 Å². The summed E-state index contributed by atoms with van der Waals surface area (Å²) >= 11 is 0. The van der Waals surface area contributed by atoms with Gasteiger partial charge in [0, 0.05) is 0 Å². The molecule has 0 radical (unpaired) electrons. The fourth-order valence-corrected chi connectivity index (χ4v) is 2.10. The largest absolute Gasteiger partial charge is 0.454 e. The molecule has 1 aromatic carbocycles. The van der Waals surface area contributed by atoms with Crippen LogP contribution in [0.5, 0.6) is 0 Å². The van der Waals surface area contributed by atoms with Gasteiger partial charge in [-0.2, -0.15) is 0 Å². The van der Waals surface area contributed by atoms with Crippen molar-refractivity contribution in [2.75, 3.05) is 0 Å². The van der Waals surface area contributed by atoms with Gasteiger partial charge in [0.15, 0.2) is 0 Å². The molecule has 7 heteroatoms. The van der Waals surface area contributed by atoms with Crippen LogP contribution in [0.3, 0.4) is 0 Å². The summed E-state index contributed by atoms with van der Waals surface area (Å²) in [5.74, 6) is 0. The van der Waals surface area contributed by atoms with Gasteiger partial charge in [-0.15, -0.1) is 0 Å². The molecule has 0 spiro atoms. The highest BCUT2D eigenvalue weighted by molar-refractivity contribution is 7.69. The second-order valence-corrected chi connectivity index (χ2v) is 5.48. The monoisotopic (exact) mass is 246 g/mol. The van der Waals surface area contributed by atoms with Gasteiger partial charge >= 0.3 is 13.3 Å².